The van der Waals surface area contributed by atoms with E-state index in [1.165, 1.54) is 17.8 Å². The molecule has 0 unspecified atom stereocenters. The molecule has 2 aromatic heterocycles. The van der Waals surface area contributed by atoms with Gasteiger partial charge in [-0.2, -0.15) is 5.10 Å². The molecular formula is C13H16N4O4. The summed E-state index contributed by atoms with van der Waals surface area (Å²) in [7, 11) is 1.18. The van der Waals surface area contributed by atoms with E-state index in [1.54, 1.807) is 0 Å². The Morgan fingerprint density at radius 3 is 2.81 bits per heavy atom. The third kappa shape index (κ3) is 2.84. The molecule has 8 nitrogen and oxygen atoms in total. The molecule has 0 aliphatic carbocycles. The third-order valence-corrected chi connectivity index (χ3v) is 3.00. The molecule has 2 aromatic rings. The average molecular weight is 292 g/mol. The van der Waals surface area contributed by atoms with E-state index in [0.717, 1.165) is 11.4 Å². The summed E-state index contributed by atoms with van der Waals surface area (Å²) in [6.07, 6.45) is 1.37. The highest BCUT2D eigenvalue weighted by molar-refractivity contribution is 6.01. The van der Waals surface area contributed by atoms with Gasteiger partial charge in [-0.1, -0.05) is 0 Å². The molecular weight excluding hydrogens is 276 g/mol. The van der Waals surface area contributed by atoms with E-state index in [-0.39, 0.29) is 5.56 Å². The minimum absolute atomic E-state index is 0.226. The van der Waals surface area contributed by atoms with Gasteiger partial charge in [0.1, 0.15) is 5.56 Å². The van der Waals surface area contributed by atoms with Crippen molar-refractivity contribution >= 4 is 17.5 Å². The van der Waals surface area contributed by atoms with E-state index < -0.39 is 24.5 Å². The summed E-state index contributed by atoms with van der Waals surface area (Å²) in [5.74, 6) is -1.27. The molecule has 0 saturated heterocycles. The molecule has 0 spiro atoms. The zero-order valence-electron chi connectivity index (χ0n) is 12.0. The number of carbonyl (C=O) groups is 2. The molecule has 8 heteroatoms. The Balaban J connectivity index is 2.34. The largest absolute Gasteiger partial charge is 0.467 e. The van der Waals surface area contributed by atoms with Crippen molar-refractivity contribution in [2.24, 2.45) is 0 Å². The van der Waals surface area contributed by atoms with Crippen LogP contribution >= 0.6 is 0 Å². The lowest BCUT2D eigenvalue weighted by Gasteiger charge is -2.13. The van der Waals surface area contributed by atoms with Gasteiger partial charge < -0.3 is 15.2 Å². The maximum absolute atomic E-state index is 12.2. The fourth-order valence-electron chi connectivity index (χ4n) is 1.99. The van der Waals surface area contributed by atoms with Crippen LogP contribution < -0.4 is 5.32 Å². The number of hydrogen-bond donors (Lipinski definition) is 2. The molecule has 1 amide bonds. The molecule has 112 valence electrons. The number of esters is 1. The number of aromatic nitrogens is 3. The predicted octanol–water partition coefficient (Wildman–Crippen LogP) is -0.390. The average Bonchev–Trinajstić information content (AvgIpc) is 2.87. The van der Waals surface area contributed by atoms with Gasteiger partial charge in [0.05, 0.1) is 19.9 Å². The lowest BCUT2D eigenvalue weighted by atomic mass is 10.2. The first-order valence-electron chi connectivity index (χ1n) is 6.29. The van der Waals surface area contributed by atoms with Crippen LogP contribution in [-0.4, -0.2) is 51.3 Å². The SMILES string of the molecule is COC(=O)[C@H](CO)NC(=O)c1cnn2c(C)cc(C)nc12. The monoisotopic (exact) mass is 292 g/mol. The highest BCUT2D eigenvalue weighted by atomic mass is 16.5. The number of nitrogens with one attached hydrogen (secondary N) is 1. The fourth-order valence-corrected chi connectivity index (χ4v) is 1.99. The zero-order valence-corrected chi connectivity index (χ0v) is 12.0. The number of aryl methyl sites for hydroxylation is 2. The Labute approximate surface area is 120 Å². The number of nitrogens with zero attached hydrogens (tertiary/aromatic N) is 3. The summed E-state index contributed by atoms with van der Waals surface area (Å²) in [5.41, 5.74) is 2.21. The maximum atomic E-state index is 12.2. The molecule has 2 rings (SSSR count). The van der Waals surface area contributed by atoms with Crippen LogP contribution in [0.1, 0.15) is 21.7 Å². The quantitative estimate of drug-likeness (QED) is 0.743. The van der Waals surface area contributed by atoms with Crippen molar-refractivity contribution in [2.75, 3.05) is 13.7 Å². The smallest absolute Gasteiger partial charge is 0.330 e. The first kappa shape index (κ1) is 14.9. The first-order chi connectivity index (χ1) is 9.97. The minimum Gasteiger partial charge on any atom is -0.467 e. The van der Waals surface area contributed by atoms with Crippen LogP contribution in [0.25, 0.3) is 5.65 Å². The summed E-state index contributed by atoms with van der Waals surface area (Å²) in [6.45, 7) is 3.11. The molecule has 1 atom stereocenters. The van der Waals surface area contributed by atoms with Crippen molar-refractivity contribution in [3.63, 3.8) is 0 Å². The van der Waals surface area contributed by atoms with E-state index in [9.17, 15) is 9.59 Å². The fraction of sp³-hybridized carbons (Fsp3) is 0.385. The molecule has 0 aliphatic rings. The normalized spacial score (nSPS) is 12.2. The van der Waals surface area contributed by atoms with Crippen LogP contribution in [0.5, 0.6) is 0 Å². The van der Waals surface area contributed by atoms with Crippen molar-refractivity contribution in [2.45, 2.75) is 19.9 Å². The second kappa shape index (κ2) is 5.88. The maximum Gasteiger partial charge on any atom is 0.330 e. The number of aliphatic hydroxyl groups is 1. The van der Waals surface area contributed by atoms with Crippen LogP contribution in [-0.2, 0) is 9.53 Å². The van der Waals surface area contributed by atoms with E-state index in [2.05, 4.69) is 20.1 Å². The molecule has 0 aromatic carbocycles. The number of rotatable bonds is 4. The standard InChI is InChI=1S/C13H16N4O4/c1-7-4-8(2)17-11(15-7)9(5-14-17)12(19)16-10(6-18)13(20)21-3/h4-5,10,18H,6H2,1-3H3,(H,16,19)/t10-/m0/s1. The molecule has 0 fully saturated rings. The van der Waals surface area contributed by atoms with Crippen LogP contribution in [0.4, 0.5) is 0 Å². The third-order valence-electron chi connectivity index (χ3n) is 3.00. The van der Waals surface area contributed by atoms with Crippen molar-refractivity contribution in [3.05, 3.63) is 29.2 Å². The second-order valence-corrected chi connectivity index (χ2v) is 4.56. The van der Waals surface area contributed by atoms with Gasteiger partial charge in [0.15, 0.2) is 11.7 Å². The molecule has 21 heavy (non-hydrogen) atoms. The number of hydrogen-bond acceptors (Lipinski definition) is 6. The lowest BCUT2D eigenvalue weighted by Crippen LogP contribution is -2.44. The highest BCUT2D eigenvalue weighted by Crippen LogP contribution is 2.12. The Bertz CT molecular complexity index is 695. The summed E-state index contributed by atoms with van der Waals surface area (Å²) in [4.78, 5) is 27.9. The summed E-state index contributed by atoms with van der Waals surface area (Å²) < 4.78 is 6.03. The van der Waals surface area contributed by atoms with E-state index in [0.29, 0.717) is 5.65 Å². The molecule has 0 aliphatic heterocycles. The van der Waals surface area contributed by atoms with Gasteiger partial charge >= 0.3 is 5.97 Å². The highest BCUT2D eigenvalue weighted by Gasteiger charge is 2.23. The number of aliphatic hydroxyl groups excluding tert-OH is 1. The van der Waals surface area contributed by atoms with Crippen molar-refractivity contribution in [1.29, 1.82) is 0 Å². The van der Waals surface area contributed by atoms with Crippen LogP contribution in [0, 0.1) is 13.8 Å². The minimum atomic E-state index is -1.12. The Morgan fingerprint density at radius 1 is 1.48 bits per heavy atom. The number of fused-ring (bicyclic) bond motifs is 1. The molecule has 2 N–H and O–H groups in total. The van der Waals surface area contributed by atoms with E-state index >= 15 is 0 Å². The molecule has 0 saturated carbocycles. The molecule has 2 heterocycles. The van der Waals surface area contributed by atoms with Gasteiger partial charge in [-0.25, -0.2) is 14.3 Å². The Hall–Kier alpha value is -2.48. The number of amides is 1. The summed E-state index contributed by atoms with van der Waals surface area (Å²) in [6, 6.07) is 0.718. The predicted molar refractivity (Wildman–Crippen MR) is 72.8 cm³/mol. The van der Waals surface area contributed by atoms with Gasteiger partial charge in [0.25, 0.3) is 5.91 Å². The topological polar surface area (TPSA) is 106 Å². The Kier molecular flexibility index (Phi) is 4.18. The first-order valence-corrected chi connectivity index (χ1v) is 6.29. The van der Waals surface area contributed by atoms with Gasteiger partial charge in [0, 0.05) is 11.4 Å². The number of methoxy groups -OCH3 is 1. The number of carbonyl (C=O) groups excluding carboxylic acids is 2. The van der Waals surface area contributed by atoms with Gasteiger partial charge in [-0.15, -0.1) is 0 Å². The van der Waals surface area contributed by atoms with Crippen LogP contribution in [0.15, 0.2) is 12.3 Å². The molecule has 0 bridgehead atoms. The number of ether oxygens (including phenoxy) is 1. The van der Waals surface area contributed by atoms with Crippen LogP contribution in [0.3, 0.4) is 0 Å². The summed E-state index contributed by atoms with van der Waals surface area (Å²) >= 11 is 0. The zero-order chi connectivity index (χ0) is 15.6. The van der Waals surface area contributed by atoms with E-state index in [4.69, 9.17) is 5.11 Å². The van der Waals surface area contributed by atoms with E-state index in [1.807, 2.05) is 19.9 Å². The second-order valence-electron chi connectivity index (χ2n) is 4.56. The van der Waals surface area contributed by atoms with Crippen molar-refractivity contribution < 1.29 is 19.4 Å². The molecule has 0 radical (unpaired) electrons. The van der Waals surface area contributed by atoms with Gasteiger partial charge in [-0.05, 0) is 19.9 Å². The van der Waals surface area contributed by atoms with Gasteiger partial charge in [0.2, 0.25) is 0 Å². The Morgan fingerprint density at radius 2 is 2.19 bits per heavy atom. The van der Waals surface area contributed by atoms with Crippen LogP contribution in [0.2, 0.25) is 0 Å². The van der Waals surface area contributed by atoms with Crippen molar-refractivity contribution in [1.82, 2.24) is 19.9 Å². The summed E-state index contributed by atoms with van der Waals surface area (Å²) in [5, 5.41) is 15.6. The van der Waals surface area contributed by atoms with Crippen molar-refractivity contribution in [3.8, 4) is 0 Å². The van der Waals surface area contributed by atoms with Gasteiger partial charge in [-0.3, -0.25) is 4.79 Å². The lowest BCUT2D eigenvalue weighted by molar-refractivity contribution is -0.143.